The van der Waals surface area contributed by atoms with Crippen LogP contribution in [0.3, 0.4) is 0 Å². The summed E-state index contributed by atoms with van der Waals surface area (Å²) in [5.41, 5.74) is 13.1. The van der Waals surface area contributed by atoms with Crippen molar-refractivity contribution in [3.8, 4) is 0 Å². The van der Waals surface area contributed by atoms with Gasteiger partial charge >= 0.3 is 0 Å². The van der Waals surface area contributed by atoms with Crippen molar-refractivity contribution in [2.75, 3.05) is 10.6 Å². The summed E-state index contributed by atoms with van der Waals surface area (Å²) in [5.74, 6) is -0.944. The zero-order chi connectivity index (χ0) is 24.6. The number of anilines is 3. The molecule has 0 saturated heterocycles. The molecule has 2 atom stereocenters. The van der Waals surface area contributed by atoms with Gasteiger partial charge in [-0.1, -0.05) is 12.8 Å². The molecule has 1 unspecified atom stereocenters. The standard InChI is InChI=1S/C23H28F3N7O/c1-11(27)18(7-13-3-4-13)30-23-17(24)9-16(21(28)34)22(31-23)29-14-5-6-19-15(8-14)12(2)32-33(19)10-20(25)26/h5-6,8-9,11,13,18,20H,3-4,7,10,27H2,1-2H3,(H2,28,34)(H2,29,30,31)/t11-,18?/m0/s1. The van der Waals surface area contributed by atoms with Crippen LogP contribution in [-0.4, -0.2) is 39.2 Å². The van der Waals surface area contributed by atoms with Crippen LogP contribution in [0.1, 0.15) is 42.2 Å². The largest absolute Gasteiger partial charge is 0.365 e. The average molecular weight is 476 g/mol. The Balaban J connectivity index is 1.66. The third-order valence-corrected chi connectivity index (χ3v) is 5.99. The van der Waals surface area contributed by atoms with Crippen molar-refractivity contribution >= 4 is 34.1 Å². The number of carbonyl (C=O) groups excluding carboxylic acids is 1. The molecule has 0 radical (unpaired) electrons. The van der Waals surface area contributed by atoms with Crippen molar-refractivity contribution in [3.63, 3.8) is 0 Å². The summed E-state index contributed by atoms with van der Waals surface area (Å²) in [6, 6.07) is 5.63. The molecule has 1 aliphatic carbocycles. The molecule has 2 heterocycles. The number of hydrogen-bond donors (Lipinski definition) is 4. The Hall–Kier alpha value is -3.34. The summed E-state index contributed by atoms with van der Waals surface area (Å²) >= 11 is 0. The Morgan fingerprint density at radius 1 is 1.26 bits per heavy atom. The number of nitrogens with zero attached hydrogens (tertiary/aromatic N) is 3. The highest BCUT2D eigenvalue weighted by atomic mass is 19.3. The molecule has 1 saturated carbocycles. The Kier molecular flexibility index (Phi) is 6.65. The van der Waals surface area contributed by atoms with Crippen LogP contribution < -0.4 is 22.1 Å². The zero-order valence-electron chi connectivity index (χ0n) is 19.0. The number of alkyl halides is 2. The molecule has 0 spiro atoms. The van der Waals surface area contributed by atoms with Gasteiger partial charge in [0.25, 0.3) is 12.3 Å². The van der Waals surface area contributed by atoms with Crippen molar-refractivity contribution in [2.24, 2.45) is 17.4 Å². The molecule has 1 aromatic carbocycles. The zero-order valence-corrected chi connectivity index (χ0v) is 19.0. The monoisotopic (exact) mass is 475 g/mol. The lowest BCUT2D eigenvalue weighted by molar-refractivity contribution is 0.1000. The van der Waals surface area contributed by atoms with Gasteiger partial charge in [-0.3, -0.25) is 9.48 Å². The topological polar surface area (TPSA) is 124 Å². The number of nitrogens with one attached hydrogen (secondary N) is 2. The summed E-state index contributed by atoms with van der Waals surface area (Å²) in [6.07, 6.45) is 0.527. The number of primary amides is 1. The molecule has 1 aliphatic rings. The lowest BCUT2D eigenvalue weighted by atomic mass is 10.0. The number of halogens is 3. The summed E-state index contributed by atoms with van der Waals surface area (Å²) in [7, 11) is 0. The quantitative estimate of drug-likeness (QED) is 0.352. The second-order valence-electron chi connectivity index (χ2n) is 8.88. The second-order valence-corrected chi connectivity index (χ2v) is 8.88. The summed E-state index contributed by atoms with van der Waals surface area (Å²) in [5, 5.41) is 10.9. The first-order valence-electron chi connectivity index (χ1n) is 11.2. The highest BCUT2D eigenvalue weighted by molar-refractivity contribution is 5.99. The maximum absolute atomic E-state index is 14.8. The first kappa shape index (κ1) is 23.8. The predicted molar refractivity (Wildman–Crippen MR) is 125 cm³/mol. The minimum absolute atomic E-state index is 0.0301. The molecule has 4 rings (SSSR count). The molecule has 1 fully saturated rings. The van der Waals surface area contributed by atoms with Crippen molar-refractivity contribution in [1.82, 2.24) is 14.8 Å². The van der Waals surface area contributed by atoms with Crippen molar-refractivity contribution in [1.29, 1.82) is 0 Å². The van der Waals surface area contributed by atoms with E-state index in [1.54, 1.807) is 25.1 Å². The van der Waals surface area contributed by atoms with Gasteiger partial charge in [0, 0.05) is 23.2 Å². The summed E-state index contributed by atoms with van der Waals surface area (Å²) in [6.45, 7) is 3.05. The number of aryl methyl sites for hydroxylation is 1. The molecule has 6 N–H and O–H groups in total. The van der Waals surface area contributed by atoms with E-state index in [-0.39, 0.29) is 29.3 Å². The van der Waals surface area contributed by atoms with Gasteiger partial charge in [-0.25, -0.2) is 18.2 Å². The summed E-state index contributed by atoms with van der Waals surface area (Å²) < 4.78 is 41.8. The lowest BCUT2D eigenvalue weighted by Crippen LogP contribution is -2.39. The predicted octanol–water partition coefficient (Wildman–Crippen LogP) is 3.91. The first-order chi connectivity index (χ1) is 16.1. The SMILES string of the molecule is Cc1nn(CC(F)F)c2ccc(Nc3nc(NC(CC4CC4)[C@H](C)N)c(F)cc3C(N)=O)cc12. The van der Waals surface area contributed by atoms with E-state index in [2.05, 4.69) is 20.7 Å². The maximum atomic E-state index is 14.8. The summed E-state index contributed by atoms with van der Waals surface area (Å²) in [4.78, 5) is 16.3. The van der Waals surface area contributed by atoms with E-state index in [0.717, 1.165) is 25.3 Å². The third kappa shape index (κ3) is 5.24. The van der Waals surface area contributed by atoms with E-state index in [1.807, 2.05) is 6.92 Å². The number of nitrogens with two attached hydrogens (primary N) is 2. The number of benzene rings is 1. The van der Waals surface area contributed by atoms with Crippen LogP contribution >= 0.6 is 0 Å². The lowest BCUT2D eigenvalue weighted by Gasteiger charge is -2.24. The molecule has 2 aromatic heterocycles. The van der Waals surface area contributed by atoms with E-state index in [0.29, 0.717) is 28.2 Å². The van der Waals surface area contributed by atoms with Gasteiger partial charge in [-0.15, -0.1) is 0 Å². The van der Waals surface area contributed by atoms with Crippen LogP contribution in [0.15, 0.2) is 24.3 Å². The van der Waals surface area contributed by atoms with Crippen LogP contribution in [-0.2, 0) is 6.54 Å². The Morgan fingerprint density at radius 3 is 2.62 bits per heavy atom. The number of hydrogen-bond acceptors (Lipinski definition) is 6. The highest BCUT2D eigenvalue weighted by Crippen LogP contribution is 2.35. The number of aromatic nitrogens is 3. The number of pyridine rings is 1. The fourth-order valence-electron chi connectivity index (χ4n) is 3.99. The van der Waals surface area contributed by atoms with Gasteiger partial charge in [-0.2, -0.15) is 5.10 Å². The van der Waals surface area contributed by atoms with Gasteiger partial charge in [-0.05, 0) is 50.5 Å². The van der Waals surface area contributed by atoms with Crippen LogP contribution in [0.5, 0.6) is 0 Å². The Bertz CT molecular complexity index is 1210. The van der Waals surface area contributed by atoms with Crippen LogP contribution in [0.2, 0.25) is 0 Å². The van der Waals surface area contributed by atoms with E-state index >= 15 is 0 Å². The molecule has 0 bridgehead atoms. The normalized spacial score (nSPS) is 15.5. The highest BCUT2D eigenvalue weighted by Gasteiger charge is 2.28. The first-order valence-corrected chi connectivity index (χ1v) is 11.2. The van der Waals surface area contributed by atoms with E-state index in [9.17, 15) is 18.0 Å². The maximum Gasteiger partial charge on any atom is 0.257 e. The molecule has 1 amide bonds. The second kappa shape index (κ2) is 9.49. The fraction of sp³-hybridized carbons (Fsp3) is 0.435. The number of rotatable bonds is 10. The van der Waals surface area contributed by atoms with Crippen LogP contribution in [0, 0.1) is 18.7 Å². The molecule has 3 aromatic rings. The minimum atomic E-state index is -2.53. The van der Waals surface area contributed by atoms with E-state index < -0.39 is 24.7 Å². The van der Waals surface area contributed by atoms with E-state index in [1.165, 1.54) is 4.68 Å². The van der Waals surface area contributed by atoms with E-state index in [4.69, 9.17) is 11.5 Å². The average Bonchev–Trinajstić information content (AvgIpc) is 3.53. The number of fused-ring (bicyclic) bond motifs is 1. The van der Waals surface area contributed by atoms with Crippen molar-refractivity contribution in [2.45, 2.75) is 58.2 Å². The van der Waals surface area contributed by atoms with Crippen LogP contribution in [0.4, 0.5) is 30.5 Å². The van der Waals surface area contributed by atoms with Gasteiger partial charge in [0.15, 0.2) is 11.6 Å². The number of carbonyl (C=O) groups is 1. The molecule has 0 aliphatic heterocycles. The van der Waals surface area contributed by atoms with Gasteiger partial charge in [0.2, 0.25) is 0 Å². The molecular weight excluding hydrogens is 447 g/mol. The number of amides is 1. The Labute approximate surface area is 194 Å². The van der Waals surface area contributed by atoms with Crippen molar-refractivity contribution in [3.05, 3.63) is 41.3 Å². The fourth-order valence-corrected chi connectivity index (χ4v) is 3.99. The Morgan fingerprint density at radius 2 is 2.00 bits per heavy atom. The molecule has 34 heavy (non-hydrogen) atoms. The van der Waals surface area contributed by atoms with Gasteiger partial charge in [0.05, 0.1) is 16.8 Å². The minimum Gasteiger partial charge on any atom is -0.365 e. The smallest absolute Gasteiger partial charge is 0.257 e. The molecular formula is C23H28F3N7O. The molecule has 182 valence electrons. The molecule has 8 nitrogen and oxygen atoms in total. The van der Waals surface area contributed by atoms with Crippen LogP contribution in [0.25, 0.3) is 10.9 Å². The third-order valence-electron chi connectivity index (χ3n) is 5.99. The van der Waals surface area contributed by atoms with Crippen molar-refractivity contribution < 1.29 is 18.0 Å². The van der Waals surface area contributed by atoms with Gasteiger partial charge in [0.1, 0.15) is 12.4 Å². The van der Waals surface area contributed by atoms with Gasteiger partial charge < -0.3 is 22.1 Å². The molecule has 11 heteroatoms.